The van der Waals surface area contributed by atoms with E-state index in [9.17, 15) is 0 Å². The predicted molar refractivity (Wildman–Crippen MR) is 82.7 cm³/mol. The summed E-state index contributed by atoms with van der Waals surface area (Å²) in [7, 11) is 0. The third-order valence-corrected chi connectivity index (χ3v) is 4.74. The standard InChI is InChI=1S/C14H21ClS2/c1-13(2,3)16-11-9-7-8-10(15)12(11)17-14(4,5)6/h7-9H,1-6H3. The van der Waals surface area contributed by atoms with Gasteiger partial charge in [-0.1, -0.05) is 59.2 Å². The normalized spacial score (nSPS) is 12.9. The zero-order chi connectivity index (χ0) is 13.3. The van der Waals surface area contributed by atoms with Gasteiger partial charge >= 0.3 is 0 Å². The maximum Gasteiger partial charge on any atom is 0.0553 e. The number of hydrogen-bond donors (Lipinski definition) is 0. The van der Waals surface area contributed by atoms with Gasteiger partial charge in [0.25, 0.3) is 0 Å². The fourth-order valence-corrected chi connectivity index (χ4v) is 3.86. The Hall–Kier alpha value is 0.210. The summed E-state index contributed by atoms with van der Waals surface area (Å²) in [6.07, 6.45) is 0. The van der Waals surface area contributed by atoms with E-state index >= 15 is 0 Å². The van der Waals surface area contributed by atoms with Crippen molar-refractivity contribution in [3.63, 3.8) is 0 Å². The summed E-state index contributed by atoms with van der Waals surface area (Å²) in [5.41, 5.74) is 0. The molecule has 0 fully saturated rings. The molecule has 0 amide bonds. The third kappa shape index (κ3) is 5.58. The fraction of sp³-hybridized carbons (Fsp3) is 0.571. The van der Waals surface area contributed by atoms with Crippen LogP contribution in [0.3, 0.4) is 0 Å². The van der Waals surface area contributed by atoms with Gasteiger partial charge in [-0.3, -0.25) is 0 Å². The van der Waals surface area contributed by atoms with Gasteiger partial charge < -0.3 is 0 Å². The van der Waals surface area contributed by atoms with Crippen LogP contribution < -0.4 is 0 Å². The lowest BCUT2D eigenvalue weighted by Gasteiger charge is -2.24. The number of benzene rings is 1. The number of thioether (sulfide) groups is 2. The van der Waals surface area contributed by atoms with E-state index in [4.69, 9.17) is 11.6 Å². The highest BCUT2D eigenvalue weighted by Gasteiger charge is 2.20. The van der Waals surface area contributed by atoms with Crippen molar-refractivity contribution in [1.82, 2.24) is 0 Å². The minimum atomic E-state index is 0.179. The second-order valence-corrected chi connectivity index (χ2v) is 10.1. The molecule has 0 nitrogen and oxygen atoms in total. The maximum absolute atomic E-state index is 6.33. The van der Waals surface area contributed by atoms with Gasteiger partial charge in [0.2, 0.25) is 0 Å². The molecule has 0 saturated carbocycles. The molecule has 0 bridgehead atoms. The molecule has 0 radical (unpaired) electrons. The first-order valence-electron chi connectivity index (χ1n) is 5.75. The lowest BCUT2D eigenvalue weighted by molar-refractivity contribution is 0.794. The highest BCUT2D eigenvalue weighted by atomic mass is 35.5. The van der Waals surface area contributed by atoms with Crippen molar-refractivity contribution in [3.8, 4) is 0 Å². The Labute approximate surface area is 119 Å². The summed E-state index contributed by atoms with van der Waals surface area (Å²) in [5.74, 6) is 0. The monoisotopic (exact) mass is 288 g/mol. The molecule has 1 rings (SSSR count). The Morgan fingerprint density at radius 3 is 1.88 bits per heavy atom. The molecule has 0 N–H and O–H groups in total. The molecule has 0 aliphatic carbocycles. The number of halogens is 1. The van der Waals surface area contributed by atoms with Crippen LogP contribution in [0.2, 0.25) is 5.02 Å². The van der Waals surface area contributed by atoms with Gasteiger partial charge in [0.15, 0.2) is 0 Å². The average Bonchev–Trinajstić information content (AvgIpc) is 2.07. The van der Waals surface area contributed by atoms with Gasteiger partial charge in [-0.2, -0.15) is 0 Å². The summed E-state index contributed by atoms with van der Waals surface area (Å²) < 4.78 is 0.385. The van der Waals surface area contributed by atoms with Crippen LogP contribution in [-0.4, -0.2) is 9.49 Å². The molecule has 0 heterocycles. The molecule has 17 heavy (non-hydrogen) atoms. The van der Waals surface area contributed by atoms with E-state index in [2.05, 4.69) is 47.6 Å². The van der Waals surface area contributed by atoms with Gasteiger partial charge in [-0.05, 0) is 12.1 Å². The van der Waals surface area contributed by atoms with E-state index in [0.717, 1.165) is 5.02 Å². The first-order chi connectivity index (χ1) is 7.58. The van der Waals surface area contributed by atoms with Crippen molar-refractivity contribution >= 4 is 35.1 Å². The van der Waals surface area contributed by atoms with E-state index in [-0.39, 0.29) is 9.49 Å². The summed E-state index contributed by atoms with van der Waals surface area (Å²) in [6, 6.07) is 6.17. The van der Waals surface area contributed by atoms with Crippen LogP contribution in [-0.2, 0) is 0 Å². The van der Waals surface area contributed by atoms with Crippen LogP contribution in [0.15, 0.2) is 28.0 Å². The molecule has 0 unspecified atom stereocenters. The van der Waals surface area contributed by atoms with E-state index in [1.165, 1.54) is 9.79 Å². The molecule has 0 saturated heterocycles. The summed E-state index contributed by atoms with van der Waals surface area (Å²) >= 11 is 10.0. The van der Waals surface area contributed by atoms with Gasteiger partial charge in [0, 0.05) is 19.3 Å². The van der Waals surface area contributed by atoms with Gasteiger partial charge in [-0.15, -0.1) is 23.5 Å². The lowest BCUT2D eigenvalue weighted by atomic mass is 10.3. The molecule has 0 spiro atoms. The molecule has 0 atom stereocenters. The highest BCUT2D eigenvalue weighted by Crippen LogP contribution is 2.45. The van der Waals surface area contributed by atoms with E-state index in [0.29, 0.717) is 0 Å². The molecular weight excluding hydrogens is 268 g/mol. The second kappa shape index (κ2) is 5.46. The minimum absolute atomic E-state index is 0.179. The zero-order valence-electron chi connectivity index (χ0n) is 11.4. The molecule has 0 aliphatic rings. The van der Waals surface area contributed by atoms with E-state index in [1.54, 1.807) is 0 Å². The van der Waals surface area contributed by atoms with Crippen LogP contribution in [0, 0.1) is 0 Å². The maximum atomic E-state index is 6.33. The van der Waals surface area contributed by atoms with E-state index < -0.39 is 0 Å². The Bertz CT molecular complexity index is 386. The molecule has 0 aromatic heterocycles. The Morgan fingerprint density at radius 1 is 0.882 bits per heavy atom. The fourth-order valence-electron chi connectivity index (χ4n) is 1.30. The van der Waals surface area contributed by atoms with Gasteiger partial charge in [0.05, 0.1) is 5.02 Å². The SMILES string of the molecule is CC(C)(C)Sc1cccc(Cl)c1SC(C)(C)C. The van der Waals surface area contributed by atoms with E-state index in [1.807, 2.05) is 35.7 Å². The number of hydrogen-bond acceptors (Lipinski definition) is 2. The van der Waals surface area contributed by atoms with Crippen molar-refractivity contribution in [1.29, 1.82) is 0 Å². The van der Waals surface area contributed by atoms with Crippen molar-refractivity contribution in [2.45, 2.75) is 60.8 Å². The minimum Gasteiger partial charge on any atom is -0.119 e. The molecule has 1 aromatic carbocycles. The highest BCUT2D eigenvalue weighted by molar-refractivity contribution is 8.03. The Kier molecular flexibility index (Phi) is 4.90. The quantitative estimate of drug-likeness (QED) is 0.601. The number of rotatable bonds is 2. The Morgan fingerprint density at radius 2 is 1.41 bits per heavy atom. The first-order valence-corrected chi connectivity index (χ1v) is 7.76. The zero-order valence-corrected chi connectivity index (χ0v) is 13.8. The molecule has 96 valence electrons. The van der Waals surface area contributed by atoms with Crippen LogP contribution in [0.25, 0.3) is 0 Å². The van der Waals surface area contributed by atoms with Crippen molar-refractivity contribution in [2.75, 3.05) is 0 Å². The first kappa shape index (κ1) is 15.3. The smallest absolute Gasteiger partial charge is 0.0553 e. The molecule has 0 aliphatic heterocycles. The molecule has 1 aromatic rings. The second-order valence-electron chi connectivity index (χ2n) is 6.00. The average molecular weight is 289 g/mol. The summed E-state index contributed by atoms with van der Waals surface area (Å²) in [5, 5.41) is 0.860. The van der Waals surface area contributed by atoms with Crippen LogP contribution >= 0.6 is 35.1 Å². The van der Waals surface area contributed by atoms with Gasteiger partial charge in [0.1, 0.15) is 0 Å². The van der Waals surface area contributed by atoms with Crippen LogP contribution in [0.4, 0.5) is 0 Å². The third-order valence-electron chi connectivity index (χ3n) is 1.76. The predicted octanol–water partition coefficient (Wildman–Crippen LogP) is 6.12. The van der Waals surface area contributed by atoms with Crippen molar-refractivity contribution < 1.29 is 0 Å². The summed E-state index contributed by atoms with van der Waals surface area (Å²) in [6.45, 7) is 13.3. The van der Waals surface area contributed by atoms with Crippen molar-refractivity contribution in [2.24, 2.45) is 0 Å². The van der Waals surface area contributed by atoms with Crippen LogP contribution in [0.1, 0.15) is 41.5 Å². The van der Waals surface area contributed by atoms with Crippen LogP contribution in [0.5, 0.6) is 0 Å². The lowest BCUT2D eigenvalue weighted by Crippen LogP contribution is -2.10. The Balaban J connectivity index is 3.09. The molecular formula is C14H21ClS2. The van der Waals surface area contributed by atoms with Crippen molar-refractivity contribution in [3.05, 3.63) is 23.2 Å². The van der Waals surface area contributed by atoms with Gasteiger partial charge in [-0.25, -0.2) is 0 Å². The molecule has 3 heteroatoms. The topological polar surface area (TPSA) is 0 Å². The summed E-state index contributed by atoms with van der Waals surface area (Å²) in [4.78, 5) is 2.49. The largest absolute Gasteiger partial charge is 0.119 e.